The molecule has 0 spiro atoms. The summed E-state index contributed by atoms with van der Waals surface area (Å²) in [5, 5.41) is 0.350. The number of carbonyl (C=O) groups excluding carboxylic acids is 1. The Bertz CT molecular complexity index is 1000. The number of esters is 1. The van der Waals surface area contributed by atoms with Crippen molar-refractivity contribution in [1.82, 2.24) is 0 Å². The number of carbonyl (C=O) groups is 1. The molecule has 0 aliphatic rings. The van der Waals surface area contributed by atoms with Crippen LogP contribution in [0.3, 0.4) is 0 Å². The lowest BCUT2D eigenvalue weighted by Gasteiger charge is -2.14. The van der Waals surface area contributed by atoms with Crippen LogP contribution < -0.4 is 10.3 Å². The summed E-state index contributed by atoms with van der Waals surface area (Å²) in [7, 11) is 5.01. The number of benzene rings is 2. The van der Waals surface area contributed by atoms with E-state index in [0.717, 1.165) is 11.3 Å². The van der Waals surface area contributed by atoms with Crippen LogP contribution in [0.15, 0.2) is 51.7 Å². The van der Waals surface area contributed by atoms with E-state index in [2.05, 4.69) is 0 Å². The zero-order chi connectivity index (χ0) is 18.1. The van der Waals surface area contributed by atoms with Crippen LogP contribution in [-0.2, 0) is 4.74 Å². The van der Waals surface area contributed by atoms with Crippen LogP contribution in [0, 0.1) is 6.92 Å². The average Bonchev–Trinajstić information content (AvgIpc) is 2.61. The molecule has 0 bridgehead atoms. The molecule has 0 saturated carbocycles. The van der Waals surface area contributed by atoms with E-state index in [1.807, 2.05) is 56.3 Å². The summed E-state index contributed by atoms with van der Waals surface area (Å²) in [4.78, 5) is 27.1. The van der Waals surface area contributed by atoms with Gasteiger partial charge in [-0.2, -0.15) is 0 Å². The Morgan fingerprint density at radius 1 is 1.08 bits per heavy atom. The number of ether oxygens (including phenoxy) is 1. The van der Waals surface area contributed by atoms with Gasteiger partial charge in [0.1, 0.15) is 5.58 Å². The number of fused-ring (bicyclic) bond motifs is 1. The SMILES string of the molecule is COC(=O)c1c(-c2ccc(C)cc2)oc2ccc(N(C)C)cc2c1=O. The first-order valence-electron chi connectivity index (χ1n) is 7.86. The van der Waals surface area contributed by atoms with Gasteiger partial charge in [-0.25, -0.2) is 4.79 Å². The van der Waals surface area contributed by atoms with Crippen LogP contribution in [-0.4, -0.2) is 27.2 Å². The van der Waals surface area contributed by atoms with E-state index in [1.165, 1.54) is 7.11 Å². The first-order chi connectivity index (χ1) is 11.9. The van der Waals surface area contributed by atoms with Crippen molar-refractivity contribution in [3.63, 3.8) is 0 Å². The second-order valence-corrected chi connectivity index (χ2v) is 6.07. The Labute approximate surface area is 145 Å². The van der Waals surface area contributed by atoms with Crippen molar-refractivity contribution in [2.45, 2.75) is 6.92 Å². The third-order valence-corrected chi connectivity index (χ3v) is 4.09. The molecule has 0 fully saturated rings. The molecular weight excluding hydrogens is 318 g/mol. The zero-order valence-corrected chi connectivity index (χ0v) is 14.6. The highest BCUT2D eigenvalue weighted by Gasteiger charge is 2.23. The molecule has 0 atom stereocenters. The highest BCUT2D eigenvalue weighted by atomic mass is 16.5. The maximum Gasteiger partial charge on any atom is 0.345 e. The van der Waals surface area contributed by atoms with Gasteiger partial charge in [-0.1, -0.05) is 29.8 Å². The summed E-state index contributed by atoms with van der Waals surface area (Å²) < 4.78 is 10.8. The van der Waals surface area contributed by atoms with Crippen LogP contribution in [0.2, 0.25) is 0 Å². The summed E-state index contributed by atoms with van der Waals surface area (Å²) in [5.41, 5.74) is 2.52. The first kappa shape index (κ1) is 16.8. The van der Waals surface area contributed by atoms with Crippen LogP contribution in [0.1, 0.15) is 15.9 Å². The fourth-order valence-corrected chi connectivity index (χ4v) is 2.66. The molecule has 0 aliphatic carbocycles. The Balaban J connectivity index is 2.36. The highest BCUT2D eigenvalue weighted by molar-refractivity contribution is 5.99. The minimum Gasteiger partial charge on any atom is -0.465 e. The Hall–Kier alpha value is -3.08. The van der Waals surface area contributed by atoms with Crippen molar-refractivity contribution in [2.24, 2.45) is 0 Å². The van der Waals surface area contributed by atoms with Gasteiger partial charge in [-0.3, -0.25) is 4.79 Å². The molecule has 0 aliphatic heterocycles. The van der Waals surface area contributed by atoms with Crippen LogP contribution >= 0.6 is 0 Å². The number of hydrogen-bond acceptors (Lipinski definition) is 5. The molecule has 5 nitrogen and oxygen atoms in total. The smallest absolute Gasteiger partial charge is 0.345 e. The van der Waals surface area contributed by atoms with Gasteiger partial charge < -0.3 is 14.1 Å². The molecule has 0 N–H and O–H groups in total. The van der Waals surface area contributed by atoms with Gasteiger partial charge in [-0.15, -0.1) is 0 Å². The number of nitrogens with zero attached hydrogens (tertiary/aromatic N) is 1. The van der Waals surface area contributed by atoms with Gasteiger partial charge in [0.15, 0.2) is 11.3 Å². The Morgan fingerprint density at radius 2 is 1.76 bits per heavy atom. The summed E-state index contributed by atoms with van der Waals surface area (Å²) in [6.45, 7) is 1.96. The van der Waals surface area contributed by atoms with E-state index >= 15 is 0 Å². The summed E-state index contributed by atoms with van der Waals surface area (Å²) in [6, 6.07) is 12.8. The normalized spacial score (nSPS) is 10.7. The van der Waals surface area contributed by atoms with E-state index in [4.69, 9.17) is 9.15 Å². The summed E-state index contributed by atoms with van der Waals surface area (Å²) in [6.07, 6.45) is 0. The predicted octanol–water partition coefficient (Wildman–Crippen LogP) is 3.62. The van der Waals surface area contributed by atoms with Crippen molar-refractivity contribution in [3.8, 4) is 11.3 Å². The molecule has 0 unspecified atom stereocenters. The third-order valence-electron chi connectivity index (χ3n) is 4.09. The van der Waals surface area contributed by atoms with Crippen LogP contribution in [0.5, 0.6) is 0 Å². The van der Waals surface area contributed by atoms with E-state index in [0.29, 0.717) is 16.5 Å². The molecule has 0 radical (unpaired) electrons. The average molecular weight is 337 g/mol. The minimum absolute atomic E-state index is 0.0882. The Kier molecular flexibility index (Phi) is 4.31. The van der Waals surface area contributed by atoms with Gasteiger partial charge in [0.25, 0.3) is 0 Å². The lowest BCUT2D eigenvalue weighted by molar-refractivity contribution is 0.0598. The van der Waals surface area contributed by atoms with Gasteiger partial charge in [0.05, 0.1) is 12.5 Å². The maximum absolute atomic E-state index is 13.0. The first-order valence-corrected chi connectivity index (χ1v) is 7.86. The molecule has 5 heteroatoms. The van der Waals surface area contributed by atoms with Crippen molar-refractivity contribution >= 4 is 22.6 Å². The second-order valence-electron chi connectivity index (χ2n) is 6.07. The van der Waals surface area contributed by atoms with Crippen LogP contribution in [0.25, 0.3) is 22.3 Å². The van der Waals surface area contributed by atoms with Crippen molar-refractivity contribution in [3.05, 3.63) is 63.8 Å². The molecular formula is C20H19NO4. The van der Waals surface area contributed by atoms with E-state index in [1.54, 1.807) is 12.1 Å². The largest absolute Gasteiger partial charge is 0.465 e. The maximum atomic E-state index is 13.0. The van der Waals surface area contributed by atoms with E-state index < -0.39 is 11.4 Å². The molecule has 3 rings (SSSR count). The lowest BCUT2D eigenvalue weighted by atomic mass is 10.0. The molecule has 25 heavy (non-hydrogen) atoms. The molecule has 2 aromatic carbocycles. The minimum atomic E-state index is -0.707. The van der Waals surface area contributed by atoms with E-state index in [9.17, 15) is 9.59 Å². The number of hydrogen-bond donors (Lipinski definition) is 0. The lowest BCUT2D eigenvalue weighted by Crippen LogP contribution is -2.18. The highest BCUT2D eigenvalue weighted by Crippen LogP contribution is 2.28. The summed E-state index contributed by atoms with van der Waals surface area (Å²) >= 11 is 0. The van der Waals surface area contributed by atoms with Crippen molar-refractivity contribution in [1.29, 1.82) is 0 Å². The zero-order valence-electron chi connectivity index (χ0n) is 14.6. The van der Waals surface area contributed by atoms with Gasteiger partial charge in [0, 0.05) is 25.3 Å². The third kappa shape index (κ3) is 3.01. The van der Waals surface area contributed by atoms with Gasteiger partial charge >= 0.3 is 5.97 Å². The number of methoxy groups -OCH3 is 1. The monoisotopic (exact) mass is 337 g/mol. The Morgan fingerprint density at radius 3 is 2.36 bits per heavy atom. The predicted molar refractivity (Wildman–Crippen MR) is 98.3 cm³/mol. The molecule has 3 aromatic rings. The van der Waals surface area contributed by atoms with Gasteiger partial charge in [0.2, 0.25) is 5.43 Å². The number of aryl methyl sites for hydroxylation is 1. The van der Waals surface area contributed by atoms with Crippen molar-refractivity contribution < 1.29 is 13.9 Å². The summed E-state index contributed by atoms with van der Waals surface area (Å²) in [5.74, 6) is -0.483. The standard InChI is InChI=1S/C20H19NO4/c1-12-5-7-13(8-6-12)19-17(20(23)24-4)18(22)15-11-14(21(2)3)9-10-16(15)25-19/h5-11H,1-4H3. The second kappa shape index (κ2) is 6.43. The molecule has 0 amide bonds. The van der Waals surface area contributed by atoms with Gasteiger partial charge in [-0.05, 0) is 25.1 Å². The van der Waals surface area contributed by atoms with E-state index in [-0.39, 0.29) is 11.3 Å². The molecule has 1 aromatic heterocycles. The number of rotatable bonds is 3. The van der Waals surface area contributed by atoms with Crippen LogP contribution in [0.4, 0.5) is 5.69 Å². The fourth-order valence-electron chi connectivity index (χ4n) is 2.66. The molecule has 128 valence electrons. The van der Waals surface area contributed by atoms with Crippen molar-refractivity contribution in [2.75, 3.05) is 26.1 Å². The number of anilines is 1. The molecule has 1 heterocycles. The molecule has 0 saturated heterocycles. The topological polar surface area (TPSA) is 59.8 Å². The fraction of sp³-hybridized carbons (Fsp3) is 0.200. The quantitative estimate of drug-likeness (QED) is 0.683.